The van der Waals surface area contributed by atoms with E-state index in [1.54, 1.807) is 13.2 Å². The van der Waals surface area contributed by atoms with Crippen LogP contribution in [0.25, 0.3) is 33.7 Å². The summed E-state index contributed by atoms with van der Waals surface area (Å²) in [5, 5.41) is 4.84. The number of pyridine rings is 1. The molecular weight excluding hydrogens is 306 g/mol. The van der Waals surface area contributed by atoms with Crippen LogP contribution in [0.1, 0.15) is 0 Å². The van der Waals surface area contributed by atoms with Gasteiger partial charge in [-0.3, -0.25) is 4.79 Å². The zero-order valence-electron chi connectivity index (χ0n) is 12.8. The summed E-state index contributed by atoms with van der Waals surface area (Å²) in [6, 6.07) is 16.6. The first kappa shape index (κ1) is 14.2. The number of methoxy groups -OCH3 is 1. The second-order valence-corrected chi connectivity index (χ2v) is 5.25. The van der Waals surface area contributed by atoms with Crippen molar-refractivity contribution in [1.29, 1.82) is 0 Å². The van der Waals surface area contributed by atoms with E-state index in [1.807, 2.05) is 48.5 Å². The quantitative estimate of drug-likeness (QED) is 0.627. The molecule has 1 N–H and O–H groups in total. The minimum atomic E-state index is -0.254. The number of para-hydroxylation sites is 1. The lowest BCUT2D eigenvalue weighted by molar-refractivity contribution is 0.414. The molecule has 0 aliphatic carbocycles. The Hall–Kier alpha value is -3.41. The predicted molar refractivity (Wildman–Crippen MR) is 89.8 cm³/mol. The Balaban J connectivity index is 1.76. The summed E-state index contributed by atoms with van der Waals surface area (Å²) in [5.41, 5.74) is 1.64. The molecule has 0 bridgehead atoms. The molecule has 0 amide bonds. The Kier molecular flexibility index (Phi) is 3.35. The van der Waals surface area contributed by atoms with Gasteiger partial charge in [0.1, 0.15) is 5.75 Å². The molecule has 0 unspecified atom stereocenters. The maximum Gasteiger partial charge on any atom is 0.259 e. The highest BCUT2D eigenvalue weighted by Crippen LogP contribution is 2.23. The van der Waals surface area contributed by atoms with Gasteiger partial charge < -0.3 is 14.2 Å². The number of benzene rings is 2. The second-order valence-electron chi connectivity index (χ2n) is 5.25. The molecule has 6 heteroatoms. The van der Waals surface area contributed by atoms with Crippen molar-refractivity contribution >= 4 is 10.9 Å². The first-order valence-electron chi connectivity index (χ1n) is 7.35. The molecule has 118 valence electrons. The molecule has 0 aliphatic heterocycles. The van der Waals surface area contributed by atoms with Crippen molar-refractivity contribution in [1.82, 2.24) is 15.1 Å². The largest absolute Gasteiger partial charge is 0.497 e. The van der Waals surface area contributed by atoms with Crippen LogP contribution in [-0.2, 0) is 0 Å². The molecule has 6 nitrogen and oxygen atoms in total. The highest BCUT2D eigenvalue weighted by Gasteiger charge is 2.14. The lowest BCUT2D eigenvalue weighted by atomic mass is 10.1. The predicted octanol–water partition coefficient (Wildman–Crippen LogP) is 3.25. The van der Waals surface area contributed by atoms with Gasteiger partial charge in [0.05, 0.1) is 12.7 Å². The van der Waals surface area contributed by atoms with Crippen LogP contribution in [0.2, 0.25) is 0 Å². The van der Waals surface area contributed by atoms with Crippen molar-refractivity contribution in [3.8, 4) is 28.6 Å². The SMILES string of the molecule is COc1ccc(-c2nc(-c3cc4ccccc4[nH]c3=O)no2)cc1. The van der Waals surface area contributed by atoms with E-state index in [1.165, 1.54) is 0 Å². The number of nitrogens with one attached hydrogen (secondary N) is 1. The molecule has 0 aliphatic rings. The monoisotopic (exact) mass is 319 g/mol. The van der Waals surface area contributed by atoms with Gasteiger partial charge in [-0.15, -0.1) is 0 Å². The maximum absolute atomic E-state index is 12.3. The Labute approximate surface area is 136 Å². The Morgan fingerprint density at radius 3 is 2.67 bits per heavy atom. The van der Waals surface area contributed by atoms with Gasteiger partial charge in [-0.2, -0.15) is 4.98 Å². The second kappa shape index (κ2) is 5.66. The average Bonchev–Trinajstić information content (AvgIpc) is 3.11. The molecular formula is C18H13N3O3. The van der Waals surface area contributed by atoms with E-state index in [-0.39, 0.29) is 11.4 Å². The van der Waals surface area contributed by atoms with Crippen molar-refractivity contribution in [2.45, 2.75) is 0 Å². The molecule has 2 aromatic heterocycles. The van der Waals surface area contributed by atoms with Crippen molar-refractivity contribution in [3.05, 3.63) is 65.0 Å². The minimum Gasteiger partial charge on any atom is -0.497 e. The third-order valence-corrected chi connectivity index (χ3v) is 3.76. The zero-order valence-corrected chi connectivity index (χ0v) is 12.8. The summed E-state index contributed by atoms with van der Waals surface area (Å²) in [4.78, 5) is 19.4. The zero-order chi connectivity index (χ0) is 16.5. The summed E-state index contributed by atoms with van der Waals surface area (Å²) in [6.07, 6.45) is 0. The molecule has 24 heavy (non-hydrogen) atoms. The summed E-state index contributed by atoms with van der Waals surface area (Å²) in [6.45, 7) is 0. The van der Waals surface area contributed by atoms with Gasteiger partial charge in [-0.1, -0.05) is 23.4 Å². The van der Waals surface area contributed by atoms with Gasteiger partial charge >= 0.3 is 0 Å². The summed E-state index contributed by atoms with van der Waals surface area (Å²) < 4.78 is 10.4. The molecule has 4 aromatic rings. The normalized spacial score (nSPS) is 10.9. The van der Waals surface area contributed by atoms with E-state index < -0.39 is 0 Å². The van der Waals surface area contributed by atoms with Gasteiger partial charge in [-0.25, -0.2) is 0 Å². The van der Waals surface area contributed by atoms with E-state index >= 15 is 0 Å². The smallest absolute Gasteiger partial charge is 0.259 e. The molecule has 2 aromatic carbocycles. The van der Waals surface area contributed by atoms with Crippen molar-refractivity contribution in [2.24, 2.45) is 0 Å². The fourth-order valence-electron chi connectivity index (χ4n) is 2.50. The van der Waals surface area contributed by atoms with Crippen LogP contribution >= 0.6 is 0 Å². The molecule has 0 spiro atoms. The fraction of sp³-hybridized carbons (Fsp3) is 0.0556. The Morgan fingerprint density at radius 1 is 1.08 bits per heavy atom. The van der Waals surface area contributed by atoms with Crippen LogP contribution in [0.3, 0.4) is 0 Å². The average molecular weight is 319 g/mol. The van der Waals surface area contributed by atoms with Gasteiger partial charge in [0.25, 0.3) is 11.4 Å². The van der Waals surface area contributed by atoms with E-state index in [2.05, 4.69) is 15.1 Å². The number of rotatable bonds is 3. The lowest BCUT2D eigenvalue weighted by Crippen LogP contribution is -2.09. The van der Waals surface area contributed by atoms with Crippen molar-refractivity contribution in [2.75, 3.05) is 7.11 Å². The fourth-order valence-corrected chi connectivity index (χ4v) is 2.50. The van der Waals surface area contributed by atoms with E-state index in [0.717, 1.165) is 22.2 Å². The third kappa shape index (κ3) is 2.44. The highest BCUT2D eigenvalue weighted by molar-refractivity contribution is 5.82. The number of nitrogens with zero attached hydrogens (tertiary/aromatic N) is 2. The van der Waals surface area contributed by atoms with Crippen LogP contribution in [0.5, 0.6) is 5.75 Å². The molecule has 4 rings (SSSR count). The van der Waals surface area contributed by atoms with Crippen LogP contribution in [0.4, 0.5) is 0 Å². The topological polar surface area (TPSA) is 81.0 Å². The first-order chi connectivity index (χ1) is 11.7. The number of fused-ring (bicyclic) bond motifs is 1. The number of hydrogen-bond donors (Lipinski definition) is 1. The van der Waals surface area contributed by atoms with Gasteiger partial charge in [0.2, 0.25) is 5.82 Å². The van der Waals surface area contributed by atoms with Crippen LogP contribution in [0, 0.1) is 0 Å². The van der Waals surface area contributed by atoms with E-state index in [0.29, 0.717) is 11.5 Å². The number of hydrogen-bond acceptors (Lipinski definition) is 5. The Bertz CT molecular complexity index is 1060. The summed E-state index contributed by atoms with van der Waals surface area (Å²) >= 11 is 0. The minimum absolute atomic E-state index is 0.254. The Morgan fingerprint density at radius 2 is 1.88 bits per heavy atom. The van der Waals surface area contributed by atoms with Gasteiger partial charge in [-0.05, 0) is 41.8 Å². The molecule has 0 atom stereocenters. The number of aromatic nitrogens is 3. The van der Waals surface area contributed by atoms with Gasteiger partial charge in [0.15, 0.2) is 0 Å². The first-order valence-corrected chi connectivity index (χ1v) is 7.35. The lowest BCUT2D eigenvalue weighted by Gasteiger charge is -1.99. The van der Waals surface area contributed by atoms with Crippen LogP contribution in [0.15, 0.2) is 63.9 Å². The highest BCUT2D eigenvalue weighted by atomic mass is 16.5. The molecule has 0 saturated heterocycles. The maximum atomic E-state index is 12.3. The molecule has 0 saturated carbocycles. The molecule has 0 fully saturated rings. The number of aromatic amines is 1. The van der Waals surface area contributed by atoms with E-state index in [9.17, 15) is 4.79 Å². The van der Waals surface area contributed by atoms with Crippen molar-refractivity contribution < 1.29 is 9.26 Å². The molecule has 0 radical (unpaired) electrons. The van der Waals surface area contributed by atoms with Crippen LogP contribution < -0.4 is 10.3 Å². The standard InChI is InChI=1S/C18H13N3O3/c1-23-13-8-6-11(7-9-13)18-20-16(21-24-18)14-10-12-4-2-3-5-15(12)19-17(14)22/h2-10H,1H3,(H,19,22). The van der Waals surface area contributed by atoms with Gasteiger partial charge in [0, 0.05) is 11.1 Å². The summed E-state index contributed by atoms with van der Waals surface area (Å²) in [5.74, 6) is 1.34. The van der Waals surface area contributed by atoms with E-state index in [4.69, 9.17) is 9.26 Å². The summed E-state index contributed by atoms with van der Waals surface area (Å²) in [7, 11) is 1.60. The molecule has 2 heterocycles. The number of H-pyrrole nitrogens is 1. The van der Waals surface area contributed by atoms with Crippen molar-refractivity contribution in [3.63, 3.8) is 0 Å². The van der Waals surface area contributed by atoms with Crippen LogP contribution in [-0.4, -0.2) is 22.2 Å². The third-order valence-electron chi connectivity index (χ3n) is 3.76. The number of ether oxygens (including phenoxy) is 1.